The van der Waals surface area contributed by atoms with Crippen molar-refractivity contribution in [3.63, 3.8) is 0 Å². The van der Waals surface area contributed by atoms with Crippen molar-refractivity contribution in [1.29, 1.82) is 0 Å². The molecule has 5 heteroatoms. The van der Waals surface area contributed by atoms with E-state index in [0.717, 1.165) is 5.56 Å². The van der Waals surface area contributed by atoms with E-state index in [1.54, 1.807) is 0 Å². The Bertz CT molecular complexity index is 561. The summed E-state index contributed by atoms with van der Waals surface area (Å²) < 4.78 is 0. The van der Waals surface area contributed by atoms with Gasteiger partial charge in [-0.1, -0.05) is 30.3 Å². The number of hydrogen-bond acceptors (Lipinski definition) is 3. The van der Waals surface area contributed by atoms with Crippen LogP contribution >= 0.6 is 0 Å². The molecule has 0 unspecified atom stereocenters. The summed E-state index contributed by atoms with van der Waals surface area (Å²) in [6.45, 7) is 1.24. The van der Waals surface area contributed by atoms with Crippen LogP contribution in [0.3, 0.4) is 0 Å². The number of nitrogens with zero attached hydrogens (tertiary/aromatic N) is 2. The minimum Gasteiger partial charge on any atom is -0.342 e. The Labute approximate surface area is 129 Å². The molecule has 5 nitrogen and oxygen atoms in total. The maximum atomic E-state index is 12.3. The zero-order valence-electron chi connectivity index (χ0n) is 12.5. The first kappa shape index (κ1) is 14.8. The Hall–Kier alpha value is -2.17. The molecule has 1 aromatic rings. The Balaban J connectivity index is 1.54. The van der Waals surface area contributed by atoms with Crippen molar-refractivity contribution < 1.29 is 14.4 Å². The van der Waals surface area contributed by atoms with Gasteiger partial charge in [0.25, 0.3) is 0 Å². The summed E-state index contributed by atoms with van der Waals surface area (Å²) in [7, 11) is 0. The lowest BCUT2D eigenvalue weighted by Gasteiger charge is -2.35. The molecule has 22 heavy (non-hydrogen) atoms. The number of likely N-dealkylation sites (tertiary alicyclic amines) is 2. The molecule has 0 bridgehead atoms. The molecule has 2 heterocycles. The average Bonchev–Trinajstić information content (AvgIpc) is 2.87. The first-order valence-electron chi connectivity index (χ1n) is 7.82. The molecule has 0 radical (unpaired) electrons. The van der Waals surface area contributed by atoms with Gasteiger partial charge in [0, 0.05) is 32.0 Å². The molecular formula is C17H20N2O3. The number of hydrogen-bond donors (Lipinski definition) is 0. The van der Waals surface area contributed by atoms with Crippen LogP contribution in [0.5, 0.6) is 0 Å². The Morgan fingerprint density at radius 3 is 2.18 bits per heavy atom. The number of imide groups is 1. The second-order valence-corrected chi connectivity index (χ2v) is 5.93. The van der Waals surface area contributed by atoms with Crippen LogP contribution in [0, 0.1) is 0 Å². The van der Waals surface area contributed by atoms with Crippen molar-refractivity contribution in [3.8, 4) is 0 Å². The molecule has 3 amide bonds. The van der Waals surface area contributed by atoms with Gasteiger partial charge in [0.2, 0.25) is 17.7 Å². The summed E-state index contributed by atoms with van der Waals surface area (Å²) in [6, 6.07) is 9.67. The van der Waals surface area contributed by atoms with Gasteiger partial charge in [-0.05, 0) is 18.4 Å². The number of amides is 3. The molecule has 0 aliphatic carbocycles. The van der Waals surface area contributed by atoms with Crippen LogP contribution in [0.4, 0.5) is 0 Å². The summed E-state index contributed by atoms with van der Waals surface area (Å²) in [5.74, 6) is 0.00171. The third kappa shape index (κ3) is 3.03. The minimum atomic E-state index is -0.0564. The standard InChI is InChI=1S/C17H20N2O3/c20-15-6-7-16(21)19(15)14-8-10-18(11-9-14)17(22)12-13-4-2-1-3-5-13/h1-5,14H,6-12H2. The molecule has 116 valence electrons. The Kier molecular flexibility index (Phi) is 4.22. The summed E-state index contributed by atoms with van der Waals surface area (Å²) in [5.41, 5.74) is 1.01. The van der Waals surface area contributed by atoms with Crippen molar-refractivity contribution in [2.45, 2.75) is 38.1 Å². The number of carbonyl (C=O) groups is 3. The predicted molar refractivity (Wildman–Crippen MR) is 80.8 cm³/mol. The highest BCUT2D eigenvalue weighted by atomic mass is 16.2. The smallest absolute Gasteiger partial charge is 0.229 e. The molecule has 2 aliphatic heterocycles. The molecule has 2 saturated heterocycles. The van der Waals surface area contributed by atoms with Crippen molar-refractivity contribution in [2.75, 3.05) is 13.1 Å². The normalized spacial score (nSPS) is 19.8. The summed E-state index contributed by atoms with van der Waals surface area (Å²) >= 11 is 0. The van der Waals surface area contributed by atoms with Crippen molar-refractivity contribution in [3.05, 3.63) is 35.9 Å². The van der Waals surface area contributed by atoms with Crippen molar-refractivity contribution >= 4 is 17.7 Å². The molecule has 3 rings (SSSR count). The summed E-state index contributed by atoms with van der Waals surface area (Å²) in [4.78, 5) is 39.1. The van der Waals surface area contributed by atoms with Gasteiger partial charge in [-0.25, -0.2) is 0 Å². The highest BCUT2D eigenvalue weighted by molar-refractivity contribution is 6.02. The first-order valence-corrected chi connectivity index (χ1v) is 7.82. The highest BCUT2D eigenvalue weighted by Gasteiger charge is 2.37. The molecule has 0 spiro atoms. The van der Waals surface area contributed by atoms with Crippen molar-refractivity contribution in [1.82, 2.24) is 9.80 Å². The molecule has 0 atom stereocenters. The summed E-state index contributed by atoms with van der Waals surface area (Å²) in [5, 5.41) is 0. The molecular weight excluding hydrogens is 280 g/mol. The van der Waals surface area contributed by atoms with E-state index in [4.69, 9.17) is 0 Å². The van der Waals surface area contributed by atoms with E-state index >= 15 is 0 Å². The molecule has 0 aromatic heterocycles. The maximum absolute atomic E-state index is 12.3. The van der Waals surface area contributed by atoms with Gasteiger partial charge in [0.05, 0.1) is 6.42 Å². The number of rotatable bonds is 3. The van der Waals surface area contributed by atoms with E-state index in [1.165, 1.54) is 4.90 Å². The van der Waals surface area contributed by atoms with Gasteiger partial charge < -0.3 is 4.90 Å². The van der Waals surface area contributed by atoms with Crippen LogP contribution in [0.25, 0.3) is 0 Å². The zero-order valence-corrected chi connectivity index (χ0v) is 12.5. The SMILES string of the molecule is O=C(Cc1ccccc1)N1CCC(N2C(=O)CCC2=O)CC1. The van der Waals surface area contributed by atoms with Crippen LogP contribution in [-0.2, 0) is 20.8 Å². The predicted octanol–water partition coefficient (Wildman–Crippen LogP) is 1.37. The number of carbonyl (C=O) groups excluding carboxylic acids is 3. The maximum Gasteiger partial charge on any atom is 0.229 e. The van der Waals surface area contributed by atoms with Crippen LogP contribution in [0.15, 0.2) is 30.3 Å². The fourth-order valence-corrected chi connectivity index (χ4v) is 3.26. The zero-order chi connectivity index (χ0) is 15.5. The number of benzene rings is 1. The van der Waals surface area contributed by atoms with Crippen LogP contribution in [-0.4, -0.2) is 46.7 Å². The third-order valence-electron chi connectivity index (χ3n) is 4.47. The number of piperidine rings is 1. The fraction of sp³-hybridized carbons (Fsp3) is 0.471. The van der Waals surface area contributed by atoms with Gasteiger partial charge in [-0.3, -0.25) is 19.3 Å². The van der Waals surface area contributed by atoms with E-state index in [2.05, 4.69) is 0 Å². The lowest BCUT2D eigenvalue weighted by molar-refractivity contribution is -0.142. The lowest BCUT2D eigenvalue weighted by Crippen LogP contribution is -2.48. The topological polar surface area (TPSA) is 57.7 Å². The van der Waals surface area contributed by atoms with E-state index in [9.17, 15) is 14.4 Å². The lowest BCUT2D eigenvalue weighted by atomic mass is 10.0. The summed E-state index contributed by atoms with van der Waals surface area (Å²) in [6.07, 6.45) is 2.47. The molecule has 1 aromatic carbocycles. The van der Waals surface area contributed by atoms with E-state index in [0.29, 0.717) is 45.2 Å². The fourth-order valence-electron chi connectivity index (χ4n) is 3.26. The quantitative estimate of drug-likeness (QED) is 0.792. The third-order valence-corrected chi connectivity index (χ3v) is 4.47. The van der Waals surface area contributed by atoms with Gasteiger partial charge in [-0.15, -0.1) is 0 Å². The molecule has 0 saturated carbocycles. The first-order chi connectivity index (χ1) is 10.6. The van der Waals surface area contributed by atoms with E-state index in [1.807, 2.05) is 35.2 Å². The van der Waals surface area contributed by atoms with E-state index < -0.39 is 0 Å². The monoisotopic (exact) mass is 300 g/mol. The highest BCUT2D eigenvalue weighted by Crippen LogP contribution is 2.23. The molecule has 2 fully saturated rings. The van der Waals surface area contributed by atoms with Gasteiger partial charge >= 0.3 is 0 Å². The largest absolute Gasteiger partial charge is 0.342 e. The van der Waals surface area contributed by atoms with Gasteiger partial charge in [-0.2, -0.15) is 0 Å². The van der Waals surface area contributed by atoms with Crippen LogP contribution < -0.4 is 0 Å². The molecule has 2 aliphatic rings. The van der Waals surface area contributed by atoms with Crippen LogP contribution in [0.1, 0.15) is 31.2 Å². The second kappa shape index (κ2) is 6.30. The average molecular weight is 300 g/mol. The Morgan fingerprint density at radius 1 is 1.00 bits per heavy atom. The Morgan fingerprint density at radius 2 is 1.59 bits per heavy atom. The second-order valence-electron chi connectivity index (χ2n) is 5.93. The van der Waals surface area contributed by atoms with E-state index in [-0.39, 0.29) is 23.8 Å². The molecule has 0 N–H and O–H groups in total. The van der Waals surface area contributed by atoms with Gasteiger partial charge in [0.1, 0.15) is 0 Å². The van der Waals surface area contributed by atoms with Crippen molar-refractivity contribution in [2.24, 2.45) is 0 Å². The minimum absolute atomic E-state index is 0.0247. The van der Waals surface area contributed by atoms with Gasteiger partial charge in [0.15, 0.2) is 0 Å². The van der Waals surface area contributed by atoms with Crippen LogP contribution in [0.2, 0.25) is 0 Å².